The second-order valence-electron chi connectivity index (χ2n) is 4.61. The van der Waals surface area contributed by atoms with E-state index in [0.717, 1.165) is 0 Å². The summed E-state index contributed by atoms with van der Waals surface area (Å²) in [6, 6.07) is 4.95. The zero-order chi connectivity index (χ0) is 14.0. The van der Waals surface area contributed by atoms with E-state index >= 15 is 0 Å². The molecule has 2 unspecified atom stereocenters. The molecule has 1 heterocycles. The third-order valence-electron chi connectivity index (χ3n) is 3.48. The molecule has 19 heavy (non-hydrogen) atoms. The van der Waals surface area contributed by atoms with Crippen molar-refractivity contribution in [3.05, 3.63) is 23.8 Å². The maximum Gasteiger partial charge on any atom is 0.161 e. The maximum atomic E-state index is 11.8. The van der Waals surface area contributed by atoms with Crippen LogP contribution in [0.1, 0.15) is 24.5 Å². The predicted octanol–water partition coefficient (Wildman–Crippen LogP) is 1.31. The SMILES string of the molecule is COc1ccc(C(O)C2CCCS2(=O)=O)cc1OC. The summed E-state index contributed by atoms with van der Waals surface area (Å²) in [5.74, 6) is 1.18. The number of aliphatic hydroxyl groups excluding tert-OH is 1. The molecular weight excluding hydrogens is 268 g/mol. The number of aliphatic hydroxyl groups is 1. The van der Waals surface area contributed by atoms with Crippen molar-refractivity contribution in [2.24, 2.45) is 0 Å². The van der Waals surface area contributed by atoms with E-state index in [1.165, 1.54) is 14.2 Å². The van der Waals surface area contributed by atoms with Crippen LogP contribution in [-0.2, 0) is 9.84 Å². The minimum atomic E-state index is -3.19. The summed E-state index contributed by atoms with van der Waals surface area (Å²) in [6.07, 6.45) is 0.0853. The summed E-state index contributed by atoms with van der Waals surface area (Å²) >= 11 is 0. The highest BCUT2D eigenvalue weighted by Gasteiger charge is 2.37. The Morgan fingerprint density at radius 1 is 1.26 bits per heavy atom. The number of sulfone groups is 1. The Balaban J connectivity index is 2.31. The van der Waals surface area contributed by atoms with Crippen molar-refractivity contribution in [2.75, 3.05) is 20.0 Å². The zero-order valence-electron chi connectivity index (χ0n) is 11.0. The third-order valence-corrected chi connectivity index (χ3v) is 5.75. The molecule has 106 valence electrons. The first-order chi connectivity index (χ1) is 8.99. The highest BCUT2D eigenvalue weighted by Crippen LogP contribution is 2.35. The van der Waals surface area contributed by atoms with Gasteiger partial charge in [0, 0.05) is 0 Å². The summed E-state index contributed by atoms with van der Waals surface area (Å²) in [5.41, 5.74) is 0.535. The Morgan fingerprint density at radius 3 is 2.47 bits per heavy atom. The molecule has 1 aliphatic rings. The monoisotopic (exact) mass is 286 g/mol. The van der Waals surface area contributed by atoms with E-state index in [4.69, 9.17) is 9.47 Å². The van der Waals surface area contributed by atoms with Gasteiger partial charge in [-0.05, 0) is 30.5 Å². The number of hydrogen-bond donors (Lipinski definition) is 1. The van der Waals surface area contributed by atoms with Crippen molar-refractivity contribution in [2.45, 2.75) is 24.2 Å². The number of ether oxygens (including phenoxy) is 2. The fraction of sp³-hybridized carbons (Fsp3) is 0.538. The lowest BCUT2D eigenvalue weighted by Gasteiger charge is -2.19. The Labute approximate surface area is 113 Å². The molecule has 1 saturated heterocycles. The van der Waals surface area contributed by atoms with Crippen LogP contribution in [0.5, 0.6) is 11.5 Å². The first kappa shape index (κ1) is 14.1. The molecule has 0 saturated carbocycles. The normalized spacial score (nSPS) is 23.0. The fourth-order valence-electron chi connectivity index (χ4n) is 2.42. The van der Waals surface area contributed by atoms with Crippen molar-refractivity contribution in [3.63, 3.8) is 0 Å². The van der Waals surface area contributed by atoms with Crippen LogP contribution in [0, 0.1) is 0 Å². The van der Waals surface area contributed by atoms with E-state index in [1.54, 1.807) is 18.2 Å². The Hall–Kier alpha value is -1.27. The van der Waals surface area contributed by atoms with Gasteiger partial charge in [0.1, 0.15) is 0 Å². The lowest BCUT2D eigenvalue weighted by molar-refractivity contribution is 0.169. The summed E-state index contributed by atoms with van der Waals surface area (Å²) < 4.78 is 33.9. The highest BCUT2D eigenvalue weighted by molar-refractivity contribution is 7.92. The third kappa shape index (κ3) is 2.69. The van der Waals surface area contributed by atoms with Gasteiger partial charge in [0.25, 0.3) is 0 Å². The predicted molar refractivity (Wildman–Crippen MR) is 71.3 cm³/mol. The van der Waals surface area contributed by atoms with E-state index in [2.05, 4.69) is 0 Å². The molecule has 0 bridgehead atoms. The maximum absolute atomic E-state index is 11.8. The highest BCUT2D eigenvalue weighted by atomic mass is 32.2. The van der Waals surface area contributed by atoms with Crippen LogP contribution < -0.4 is 9.47 Å². The Kier molecular flexibility index (Phi) is 4.01. The largest absolute Gasteiger partial charge is 0.493 e. The molecule has 5 nitrogen and oxygen atoms in total. The molecule has 0 aromatic heterocycles. The molecule has 0 spiro atoms. The molecule has 1 N–H and O–H groups in total. The summed E-state index contributed by atoms with van der Waals surface area (Å²) in [4.78, 5) is 0. The second kappa shape index (κ2) is 5.38. The van der Waals surface area contributed by atoms with Crippen LogP contribution >= 0.6 is 0 Å². The van der Waals surface area contributed by atoms with Gasteiger partial charge in [-0.1, -0.05) is 6.07 Å². The van der Waals surface area contributed by atoms with E-state index < -0.39 is 21.2 Å². The van der Waals surface area contributed by atoms with Crippen molar-refractivity contribution in [3.8, 4) is 11.5 Å². The van der Waals surface area contributed by atoms with Gasteiger partial charge in [0.15, 0.2) is 21.3 Å². The number of hydrogen-bond acceptors (Lipinski definition) is 5. The topological polar surface area (TPSA) is 72.8 Å². The first-order valence-electron chi connectivity index (χ1n) is 6.11. The van der Waals surface area contributed by atoms with Gasteiger partial charge in [-0.2, -0.15) is 0 Å². The lowest BCUT2D eigenvalue weighted by atomic mass is 10.0. The van der Waals surface area contributed by atoms with E-state index in [-0.39, 0.29) is 5.75 Å². The molecule has 0 amide bonds. The number of benzene rings is 1. The van der Waals surface area contributed by atoms with Gasteiger partial charge >= 0.3 is 0 Å². The average Bonchev–Trinajstić information content (AvgIpc) is 2.76. The van der Waals surface area contributed by atoms with Crippen LogP contribution in [0.3, 0.4) is 0 Å². The standard InChI is InChI=1S/C13H18O5S/c1-17-10-6-5-9(8-11(10)18-2)13(14)12-4-3-7-19(12,15)16/h5-6,8,12-14H,3-4,7H2,1-2H3. The Morgan fingerprint density at radius 2 is 1.95 bits per heavy atom. The molecule has 2 atom stereocenters. The number of rotatable bonds is 4. The van der Waals surface area contributed by atoms with Crippen LogP contribution in [0.2, 0.25) is 0 Å². The molecule has 2 rings (SSSR count). The van der Waals surface area contributed by atoms with Gasteiger partial charge in [0.2, 0.25) is 0 Å². The second-order valence-corrected chi connectivity index (χ2v) is 6.95. The van der Waals surface area contributed by atoms with E-state index in [0.29, 0.717) is 29.9 Å². The summed E-state index contributed by atoms with van der Waals surface area (Å²) in [5, 5.41) is 9.55. The lowest BCUT2D eigenvalue weighted by Crippen LogP contribution is -2.24. The van der Waals surface area contributed by atoms with E-state index in [1.807, 2.05) is 0 Å². The Bertz CT molecular complexity index is 552. The molecule has 1 fully saturated rings. The molecule has 0 aliphatic carbocycles. The zero-order valence-corrected chi connectivity index (χ0v) is 11.8. The quantitative estimate of drug-likeness (QED) is 0.903. The van der Waals surface area contributed by atoms with Crippen molar-refractivity contribution in [1.29, 1.82) is 0 Å². The molecule has 0 radical (unpaired) electrons. The number of methoxy groups -OCH3 is 2. The van der Waals surface area contributed by atoms with Gasteiger partial charge in [-0.3, -0.25) is 0 Å². The van der Waals surface area contributed by atoms with Crippen LogP contribution in [0.4, 0.5) is 0 Å². The van der Waals surface area contributed by atoms with Gasteiger partial charge in [-0.25, -0.2) is 8.42 Å². The molecule has 1 aromatic carbocycles. The molecule has 1 aliphatic heterocycles. The molecular formula is C13H18O5S. The van der Waals surface area contributed by atoms with Crippen LogP contribution in [0.15, 0.2) is 18.2 Å². The molecule has 6 heteroatoms. The van der Waals surface area contributed by atoms with Crippen molar-refractivity contribution >= 4 is 9.84 Å². The first-order valence-corrected chi connectivity index (χ1v) is 7.82. The van der Waals surface area contributed by atoms with Crippen LogP contribution in [0.25, 0.3) is 0 Å². The van der Waals surface area contributed by atoms with Crippen LogP contribution in [-0.4, -0.2) is 38.7 Å². The minimum absolute atomic E-state index is 0.155. The average molecular weight is 286 g/mol. The minimum Gasteiger partial charge on any atom is -0.493 e. The summed E-state index contributed by atoms with van der Waals surface area (Å²) in [7, 11) is -0.168. The van der Waals surface area contributed by atoms with Gasteiger partial charge in [-0.15, -0.1) is 0 Å². The fourth-order valence-corrected chi connectivity index (χ4v) is 4.37. The van der Waals surface area contributed by atoms with Gasteiger partial charge < -0.3 is 14.6 Å². The van der Waals surface area contributed by atoms with Crippen molar-refractivity contribution in [1.82, 2.24) is 0 Å². The smallest absolute Gasteiger partial charge is 0.161 e. The van der Waals surface area contributed by atoms with Gasteiger partial charge in [0.05, 0.1) is 31.3 Å². The van der Waals surface area contributed by atoms with E-state index in [9.17, 15) is 13.5 Å². The van der Waals surface area contributed by atoms with Crippen molar-refractivity contribution < 1.29 is 23.0 Å². The molecule has 1 aromatic rings. The summed E-state index contributed by atoms with van der Waals surface area (Å²) in [6.45, 7) is 0.